The summed E-state index contributed by atoms with van der Waals surface area (Å²) in [6.45, 7) is 4.01. The summed E-state index contributed by atoms with van der Waals surface area (Å²) in [6, 6.07) is 4.66. The van der Waals surface area contributed by atoms with Gasteiger partial charge in [0.05, 0.1) is 23.2 Å². The van der Waals surface area contributed by atoms with Crippen molar-refractivity contribution in [2.24, 2.45) is 13.0 Å². The first-order valence-corrected chi connectivity index (χ1v) is 13.6. The lowest BCUT2D eigenvalue weighted by Crippen LogP contribution is -2.33. The van der Waals surface area contributed by atoms with Gasteiger partial charge in [-0.05, 0) is 67.5 Å². The third kappa shape index (κ3) is 4.60. The molecule has 0 bridgehead atoms. The Morgan fingerprint density at radius 3 is 2.64 bits per heavy atom. The summed E-state index contributed by atoms with van der Waals surface area (Å²) in [5.41, 5.74) is 0.0596. The monoisotopic (exact) mass is 539 g/mol. The van der Waals surface area contributed by atoms with Crippen LogP contribution in [0.4, 0.5) is 19.1 Å². The predicted octanol–water partition coefficient (Wildman–Crippen LogP) is 4.88. The summed E-state index contributed by atoms with van der Waals surface area (Å²) in [5.74, 6) is 0.903. The Bertz CT molecular complexity index is 1400. The van der Waals surface area contributed by atoms with Crippen molar-refractivity contribution in [2.75, 3.05) is 18.0 Å². The molecule has 4 heterocycles. The smallest absolute Gasteiger partial charge is 0.320 e. The molecule has 1 amide bonds. The summed E-state index contributed by atoms with van der Waals surface area (Å²) >= 11 is 0. The number of benzene rings is 1. The quantitative estimate of drug-likeness (QED) is 0.460. The summed E-state index contributed by atoms with van der Waals surface area (Å²) in [7, 11) is 1.89. The predicted molar refractivity (Wildman–Crippen MR) is 138 cm³/mol. The van der Waals surface area contributed by atoms with Crippen LogP contribution in [0.15, 0.2) is 30.7 Å². The average Bonchev–Trinajstić information content (AvgIpc) is 3.63. The molecule has 0 N–H and O–H groups in total. The molecule has 3 aromatic rings. The van der Waals surface area contributed by atoms with E-state index in [9.17, 15) is 18.0 Å². The number of anilines is 1. The van der Waals surface area contributed by atoms with E-state index in [2.05, 4.69) is 27.0 Å². The van der Waals surface area contributed by atoms with E-state index in [1.807, 2.05) is 17.7 Å². The maximum atomic E-state index is 14.2. The van der Waals surface area contributed by atoms with Gasteiger partial charge in [0.1, 0.15) is 12.2 Å². The number of likely N-dealkylation sites (tertiary alicyclic amines) is 1. The van der Waals surface area contributed by atoms with E-state index in [-0.39, 0.29) is 23.6 Å². The SMILES string of the molecule is C[C@H]1CCCN(Cc2cc3c(c(C(F)(F)F)c2)CN(c2nccc(C4(c5nncn5C)CCCC4)n2)C3=O)C1. The molecule has 3 aliphatic rings. The van der Waals surface area contributed by atoms with Crippen molar-refractivity contribution in [3.05, 3.63) is 64.5 Å². The van der Waals surface area contributed by atoms with Gasteiger partial charge in [0.15, 0.2) is 0 Å². The van der Waals surface area contributed by atoms with E-state index in [1.165, 1.54) is 11.0 Å². The van der Waals surface area contributed by atoms with Crippen molar-refractivity contribution in [3.63, 3.8) is 0 Å². The number of alkyl halides is 3. The highest BCUT2D eigenvalue weighted by atomic mass is 19.4. The second-order valence-electron chi connectivity index (χ2n) is 11.3. The second-order valence-corrected chi connectivity index (χ2v) is 11.3. The van der Waals surface area contributed by atoms with E-state index in [0.29, 0.717) is 23.7 Å². The zero-order valence-electron chi connectivity index (χ0n) is 22.2. The molecule has 2 fully saturated rings. The number of hydrogen-bond donors (Lipinski definition) is 0. The summed E-state index contributed by atoms with van der Waals surface area (Å²) in [4.78, 5) is 26.2. The lowest BCUT2D eigenvalue weighted by atomic mass is 9.81. The molecule has 1 atom stereocenters. The van der Waals surface area contributed by atoms with Gasteiger partial charge in [0.2, 0.25) is 5.95 Å². The maximum absolute atomic E-state index is 14.2. The number of nitrogens with zero attached hydrogens (tertiary/aromatic N) is 7. The summed E-state index contributed by atoms with van der Waals surface area (Å²) < 4.78 is 44.6. The summed E-state index contributed by atoms with van der Waals surface area (Å²) in [6.07, 6.45) is 4.43. The van der Waals surface area contributed by atoms with Crippen LogP contribution in [0.1, 0.15) is 84.0 Å². The first-order chi connectivity index (χ1) is 18.7. The standard InChI is InChI=1S/C28H32F3N7O/c1-18-6-5-11-37(14-18)15-19-12-20-21(22(13-19)28(29,30)31)16-38(24(20)39)26-32-10-7-23(34-26)27(8-3-4-9-27)25-35-33-17-36(25)2/h7,10,12-13,17-18H,3-6,8-9,11,14-16H2,1-2H3/t18-/m0/s1. The van der Waals surface area contributed by atoms with Crippen molar-refractivity contribution in [1.82, 2.24) is 29.6 Å². The first-order valence-electron chi connectivity index (χ1n) is 13.6. The van der Waals surface area contributed by atoms with Crippen LogP contribution in [-0.2, 0) is 31.7 Å². The fourth-order valence-corrected chi connectivity index (χ4v) is 6.70. The highest BCUT2D eigenvalue weighted by Gasteiger charge is 2.44. The van der Waals surface area contributed by atoms with Crippen LogP contribution in [0, 0.1) is 5.92 Å². The minimum atomic E-state index is -4.58. The van der Waals surface area contributed by atoms with Gasteiger partial charge in [-0.25, -0.2) is 9.97 Å². The molecule has 0 unspecified atom stereocenters. The van der Waals surface area contributed by atoms with Crippen LogP contribution in [0.3, 0.4) is 0 Å². The number of rotatable bonds is 5. The van der Waals surface area contributed by atoms with Crippen molar-refractivity contribution in [1.29, 1.82) is 0 Å². The zero-order chi connectivity index (χ0) is 27.4. The third-order valence-electron chi connectivity index (χ3n) is 8.53. The minimum absolute atomic E-state index is 0.0128. The Morgan fingerprint density at radius 2 is 1.95 bits per heavy atom. The molecule has 0 radical (unpaired) electrons. The van der Waals surface area contributed by atoms with Gasteiger partial charge < -0.3 is 4.57 Å². The molecule has 39 heavy (non-hydrogen) atoms. The third-order valence-corrected chi connectivity index (χ3v) is 8.53. The number of aryl methyl sites for hydroxylation is 1. The largest absolute Gasteiger partial charge is 0.416 e. The molecule has 6 rings (SSSR count). The Morgan fingerprint density at radius 1 is 1.15 bits per heavy atom. The van der Waals surface area contributed by atoms with E-state index >= 15 is 0 Å². The maximum Gasteiger partial charge on any atom is 0.416 e. The van der Waals surface area contributed by atoms with Crippen molar-refractivity contribution < 1.29 is 18.0 Å². The molecule has 2 aliphatic heterocycles. The molecule has 1 saturated carbocycles. The van der Waals surface area contributed by atoms with Gasteiger partial charge in [0, 0.05) is 31.9 Å². The Labute approximate surface area is 225 Å². The molecule has 1 aliphatic carbocycles. The zero-order valence-corrected chi connectivity index (χ0v) is 22.2. The van der Waals surface area contributed by atoms with Crippen molar-refractivity contribution >= 4 is 11.9 Å². The number of amides is 1. The number of carbonyl (C=O) groups excluding carboxylic acids is 1. The van der Waals surface area contributed by atoms with Gasteiger partial charge in [0.25, 0.3) is 5.91 Å². The molecule has 1 saturated heterocycles. The van der Waals surface area contributed by atoms with Gasteiger partial charge in [-0.1, -0.05) is 19.8 Å². The van der Waals surface area contributed by atoms with Crippen LogP contribution in [-0.4, -0.2) is 48.6 Å². The van der Waals surface area contributed by atoms with E-state index in [1.54, 1.807) is 18.6 Å². The van der Waals surface area contributed by atoms with E-state index in [0.717, 1.165) is 57.4 Å². The molecule has 11 heteroatoms. The van der Waals surface area contributed by atoms with E-state index < -0.39 is 23.1 Å². The van der Waals surface area contributed by atoms with Crippen LogP contribution < -0.4 is 4.90 Å². The second kappa shape index (κ2) is 9.69. The topological polar surface area (TPSA) is 80.0 Å². The Balaban J connectivity index is 1.35. The highest BCUT2D eigenvalue weighted by molar-refractivity contribution is 6.09. The average molecular weight is 540 g/mol. The molecule has 1 aromatic carbocycles. The summed E-state index contributed by atoms with van der Waals surface area (Å²) in [5, 5.41) is 8.42. The van der Waals surface area contributed by atoms with Crippen LogP contribution in [0.2, 0.25) is 0 Å². The van der Waals surface area contributed by atoms with Crippen molar-refractivity contribution in [2.45, 2.75) is 70.1 Å². The number of hydrogen-bond acceptors (Lipinski definition) is 6. The van der Waals surface area contributed by atoms with Gasteiger partial charge >= 0.3 is 6.18 Å². The van der Waals surface area contributed by atoms with E-state index in [4.69, 9.17) is 4.98 Å². The number of piperidine rings is 1. The fraction of sp³-hybridized carbons (Fsp3) is 0.536. The lowest BCUT2D eigenvalue weighted by molar-refractivity contribution is -0.138. The Hall–Kier alpha value is -3.34. The van der Waals surface area contributed by atoms with Gasteiger partial charge in [-0.2, -0.15) is 13.2 Å². The Kier molecular flexibility index (Phi) is 6.44. The van der Waals surface area contributed by atoms with Gasteiger partial charge in [-0.3, -0.25) is 14.6 Å². The van der Waals surface area contributed by atoms with Crippen LogP contribution >= 0.6 is 0 Å². The molecule has 2 aromatic heterocycles. The lowest BCUT2D eigenvalue weighted by Gasteiger charge is -2.31. The molecular weight excluding hydrogens is 507 g/mol. The van der Waals surface area contributed by atoms with Crippen molar-refractivity contribution in [3.8, 4) is 0 Å². The normalized spacial score (nSPS) is 21.5. The number of fused-ring (bicyclic) bond motifs is 1. The molecule has 8 nitrogen and oxygen atoms in total. The van der Waals surface area contributed by atoms with Gasteiger partial charge in [-0.15, -0.1) is 10.2 Å². The van der Waals surface area contributed by atoms with Crippen LogP contribution in [0.5, 0.6) is 0 Å². The number of aromatic nitrogens is 5. The molecule has 206 valence electrons. The first kappa shape index (κ1) is 25.9. The van der Waals surface area contributed by atoms with Crippen LogP contribution in [0.25, 0.3) is 0 Å². The molecular formula is C28H32F3N7O. The minimum Gasteiger partial charge on any atom is -0.320 e. The highest BCUT2D eigenvalue weighted by Crippen LogP contribution is 2.45. The fourth-order valence-electron chi connectivity index (χ4n) is 6.70. The number of halogens is 3. The number of carbonyl (C=O) groups is 1. The molecule has 0 spiro atoms.